The van der Waals surface area contributed by atoms with Gasteiger partial charge in [0.1, 0.15) is 12.4 Å². The maximum atomic E-state index is 12.5. The maximum Gasteiger partial charge on any atom is 0.307 e. The van der Waals surface area contributed by atoms with E-state index in [1.807, 2.05) is 60.7 Å². The molecule has 0 aliphatic heterocycles. The Labute approximate surface area is 162 Å². The van der Waals surface area contributed by atoms with Gasteiger partial charge in [-0.1, -0.05) is 77.9 Å². The zero-order valence-corrected chi connectivity index (χ0v) is 15.1. The van der Waals surface area contributed by atoms with Crippen molar-refractivity contribution < 1.29 is 14.6 Å². The predicted octanol–water partition coefficient (Wildman–Crippen LogP) is 5.60. The van der Waals surface area contributed by atoms with Gasteiger partial charge in [0.2, 0.25) is 0 Å². The highest BCUT2D eigenvalue weighted by Gasteiger charge is 2.23. The maximum absolute atomic E-state index is 12.5. The Bertz CT molecular complexity index is 984. The van der Waals surface area contributed by atoms with Crippen LogP contribution in [0.2, 0.25) is 0 Å². The summed E-state index contributed by atoms with van der Waals surface area (Å²) in [6.45, 7) is 0.186. The molecule has 0 amide bonds. The van der Waals surface area contributed by atoms with Crippen LogP contribution in [-0.4, -0.2) is 11.1 Å². The van der Waals surface area contributed by atoms with Crippen LogP contribution in [0, 0.1) is 0 Å². The van der Waals surface area contributed by atoms with E-state index in [0.717, 1.165) is 11.1 Å². The van der Waals surface area contributed by atoms with Crippen LogP contribution >= 0.6 is 0 Å². The average molecular weight is 373 g/mol. The number of carbonyl (C=O) groups is 1. The van der Waals surface area contributed by atoms with Gasteiger partial charge in [-0.15, -0.1) is 0 Å². The minimum Gasteiger partial charge on any atom is -0.507 e. The number of carbonyl (C=O) groups excluding carboxylic acids is 1. The summed E-state index contributed by atoms with van der Waals surface area (Å²) in [7, 11) is 0. The largest absolute Gasteiger partial charge is 0.507 e. The molecule has 0 bridgehead atoms. The van der Waals surface area contributed by atoms with Gasteiger partial charge in [0, 0.05) is 16.4 Å². The van der Waals surface area contributed by atoms with Crippen LogP contribution in [-0.2, 0) is 16.1 Å². The molecule has 1 N–H and O–H groups in total. The summed E-state index contributed by atoms with van der Waals surface area (Å²) in [6.07, 6.45) is 0.0458. The molecule has 0 aliphatic rings. The van der Waals surface area contributed by atoms with Crippen molar-refractivity contribution in [2.24, 2.45) is 5.11 Å². The van der Waals surface area contributed by atoms with Crippen LogP contribution in [0.15, 0.2) is 84.0 Å². The second-order valence-corrected chi connectivity index (χ2v) is 6.22. The normalized spacial score (nSPS) is 11.3. The van der Waals surface area contributed by atoms with Crippen molar-refractivity contribution in [2.45, 2.75) is 18.9 Å². The Kier molecular flexibility index (Phi) is 6.29. The first kappa shape index (κ1) is 19.0. The summed E-state index contributed by atoms with van der Waals surface area (Å²) in [4.78, 5) is 15.2. The average Bonchev–Trinajstić information content (AvgIpc) is 2.74. The first-order valence-electron chi connectivity index (χ1n) is 8.80. The van der Waals surface area contributed by atoms with Gasteiger partial charge < -0.3 is 9.84 Å². The fourth-order valence-corrected chi connectivity index (χ4v) is 3.02. The van der Waals surface area contributed by atoms with Crippen molar-refractivity contribution in [1.29, 1.82) is 0 Å². The topological polar surface area (TPSA) is 95.3 Å². The van der Waals surface area contributed by atoms with Gasteiger partial charge >= 0.3 is 5.97 Å². The second-order valence-electron chi connectivity index (χ2n) is 6.22. The van der Waals surface area contributed by atoms with E-state index in [-0.39, 0.29) is 30.4 Å². The lowest BCUT2D eigenvalue weighted by atomic mass is 9.87. The number of phenolic OH excluding ortho intramolecular Hbond substituents is 1. The van der Waals surface area contributed by atoms with Gasteiger partial charge in [-0.05, 0) is 22.7 Å². The van der Waals surface area contributed by atoms with E-state index in [0.29, 0.717) is 5.56 Å². The fraction of sp³-hybridized carbons (Fsp3) is 0.136. The number of benzene rings is 3. The van der Waals surface area contributed by atoms with Crippen molar-refractivity contribution in [2.75, 3.05) is 0 Å². The number of esters is 1. The molecule has 0 saturated heterocycles. The molecule has 6 nitrogen and oxygen atoms in total. The van der Waals surface area contributed by atoms with Crippen molar-refractivity contribution in [3.05, 3.63) is 106 Å². The summed E-state index contributed by atoms with van der Waals surface area (Å²) in [6, 6.07) is 23.7. The third-order valence-corrected chi connectivity index (χ3v) is 4.39. The molecule has 0 spiro atoms. The summed E-state index contributed by atoms with van der Waals surface area (Å²) in [5.74, 6) is -0.949. The number of nitrogens with zero attached hydrogens (tertiary/aromatic N) is 3. The molecule has 6 heteroatoms. The number of azide groups is 1. The molecule has 140 valence electrons. The van der Waals surface area contributed by atoms with Crippen molar-refractivity contribution in [1.82, 2.24) is 0 Å². The molecular formula is C22H19N3O3. The van der Waals surface area contributed by atoms with Crippen LogP contribution < -0.4 is 0 Å². The summed E-state index contributed by atoms with van der Waals surface area (Å²) < 4.78 is 5.42. The van der Waals surface area contributed by atoms with E-state index >= 15 is 0 Å². The van der Waals surface area contributed by atoms with Gasteiger partial charge in [-0.25, -0.2) is 0 Å². The molecular weight excluding hydrogens is 354 g/mol. The fourth-order valence-electron chi connectivity index (χ4n) is 3.02. The Morgan fingerprint density at radius 1 is 1.00 bits per heavy atom. The highest BCUT2D eigenvalue weighted by molar-refractivity contribution is 5.72. The summed E-state index contributed by atoms with van der Waals surface area (Å²) in [5.41, 5.74) is 11.1. The van der Waals surface area contributed by atoms with E-state index < -0.39 is 5.92 Å². The standard InChI is InChI=1S/C22H19N3O3/c23-25-24-20-13-7-12-18(22(20)27)19(17-10-5-2-6-11-17)14-21(26)28-15-16-8-3-1-4-9-16/h1-13,19,27H,14-15H2. The van der Waals surface area contributed by atoms with E-state index in [1.54, 1.807) is 12.1 Å². The van der Waals surface area contributed by atoms with Gasteiger partial charge in [0.25, 0.3) is 0 Å². The van der Waals surface area contributed by atoms with Gasteiger partial charge in [-0.3, -0.25) is 4.79 Å². The lowest BCUT2D eigenvalue weighted by Gasteiger charge is -2.19. The number of hydrogen-bond donors (Lipinski definition) is 1. The molecule has 3 aromatic rings. The van der Waals surface area contributed by atoms with Gasteiger partial charge in [0.15, 0.2) is 0 Å². The number of phenols is 1. The zero-order chi connectivity index (χ0) is 19.8. The van der Waals surface area contributed by atoms with Gasteiger partial charge in [-0.2, -0.15) is 0 Å². The van der Waals surface area contributed by atoms with Crippen LogP contribution in [0.3, 0.4) is 0 Å². The Morgan fingerprint density at radius 2 is 1.68 bits per heavy atom. The quantitative estimate of drug-likeness (QED) is 0.253. The highest BCUT2D eigenvalue weighted by Crippen LogP contribution is 2.39. The molecule has 0 saturated carbocycles. The Balaban J connectivity index is 1.85. The molecule has 1 atom stereocenters. The second kappa shape index (κ2) is 9.26. The zero-order valence-electron chi connectivity index (χ0n) is 15.1. The third kappa shape index (κ3) is 4.69. The van der Waals surface area contributed by atoms with Crippen molar-refractivity contribution in [3.63, 3.8) is 0 Å². The molecule has 3 aromatic carbocycles. The van der Waals surface area contributed by atoms with Crippen LogP contribution in [0.1, 0.15) is 29.0 Å². The van der Waals surface area contributed by atoms with E-state index in [1.165, 1.54) is 6.07 Å². The van der Waals surface area contributed by atoms with E-state index in [2.05, 4.69) is 10.0 Å². The minimum atomic E-state index is -0.432. The molecule has 28 heavy (non-hydrogen) atoms. The number of rotatable bonds is 7. The van der Waals surface area contributed by atoms with Crippen LogP contribution in [0.25, 0.3) is 10.4 Å². The number of ether oxygens (including phenoxy) is 1. The first-order valence-corrected chi connectivity index (χ1v) is 8.80. The summed E-state index contributed by atoms with van der Waals surface area (Å²) >= 11 is 0. The Morgan fingerprint density at radius 3 is 2.36 bits per heavy atom. The Hall–Kier alpha value is -3.76. The summed E-state index contributed by atoms with van der Waals surface area (Å²) in [5, 5.41) is 14.1. The molecule has 0 heterocycles. The van der Waals surface area contributed by atoms with Crippen LogP contribution in [0.5, 0.6) is 5.75 Å². The molecule has 3 rings (SSSR count). The minimum absolute atomic E-state index is 0.0458. The number of para-hydroxylation sites is 1. The molecule has 0 radical (unpaired) electrons. The molecule has 0 fully saturated rings. The smallest absolute Gasteiger partial charge is 0.307 e. The van der Waals surface area contributed by atoms with Gasteiger partial charge in [0.05, 0.1) is 12.1 Å². The number of aromatic hydroxyl groups is 1. The predicted molar refractivity (Wildman–Crippen MR) is 106 cm³/mol. The lowest BCUT2D eigenvalue weighted by Crippen LogP contribution is -2.12. The SMILES string of the molecule is [N-]=[N+]=Nc1cccc(C(CC(=O)OCc2ccccc2)c2ccccc2)c1O. The van der Waals surface area contributed by atoms with E-state index in [4.69, 9.17) is 10.3 Å². The molecule has 0 aliphatic carbocycles. The highest BCUT2D eigenvalue weighted by atomic mass is 16.5. The first-order chi connectivity index (χ1) is 13.7. The van der Waals surface area contributed by atoms with Crippen LogP contribution in [0.4, 0.5) is 5.69 Å². The number of hydrogen-bond acceptors (Lipinski definition) is 4. The monoisotopic (exact) mass is 373 g/mol. The third-order valence-electron chi connectivity index (χ3n) is 4.39. The lowest BCUT2D eigenvalue weighted by molar-refractivity contribution is -0.145. The molecule has 0 aromatic heterocycles. The van der Waals surface area contributed by atoms with Crippen molar-refractivity contribution >= 4 is 11.7 Å². The van der Waals surface area contributed by atoms with Crippen molar-refractivity contribution in [3.8, 4) is 5.75 Å². The molecule has 1 unspecified atom stereocenters. The van der Waals surface area contributed by atoms with E-state index in [9.17, 15) is 9.90 Å².